The first kappa shape index (κ1) is 29.9. The summed E-state index contributed by atoms with van der Waals surface area (Å²) in [4.78, 5) is 19.9. The van der Waals surface area contributed by atoms with Crippen LogP contribution in [0, 0.1) is 17.6 Å². The number of Topliss-reactive ketones (excluding diaryl/α,β-unsaturated/α-hetero) is 1. The topological polar surface area (TPSA) is 131 Å². The van der Waals surface area contributed by atoms with Crippen LogP contribution in [0.5, 0.6) is 0 Å². The predicted octanol–water partition coefficient (Wildman–Crippen LogP) is 7.30. The molecule has 6 aromatic rings. The minimum atomic E-state index is -0.382. The van der Waals surface area contributed by atoms with Crippen LogP contribution >= 0.6 is 0 Å². The Kier molecular flexibility index (Phi) is 7.48. The third-order valence-corrected chi connectivity index (χ3v) is 8.72. The second-order valence-corrected chi connectivity index (χ2v) is 13.0. The van der Waals surface area contributed by atoms with Crippen LogP contribution in [-0.4, -0.2) is 45.6 Å². The lowest BCUT2D eigenvalue weighted by molar-refractivity contribution is -0.125. The molecule has 46 heavy (non-hydrogen) atoms. The highest BCUT2D eigenvalue weighted by Crippen LogP contribution is 2.40. The number of nitrogens with zero attached hydrogens (tertiary/aromatic N) is 8. The average Bonchev–Trinajstić information content (AvgIpc) is 3.78. The van der Waals surface area contributed by atoms with E-state index in [4.69, 9.17) is 9.05 Å². The summed E-state index contributed by atoms with van der Waals surface area (Å²) in [6, 6.07) is 9.90. The van der Waals surface area contributed by atoms with Crippen molar-refractivity contribution >= 4 is 27.6 Å². The van der Waals surface area contributed by atoms with Crippen molar-refractivity contribution in [2.75, 3.05) is 0 Å². The molecule has 0 aliphatic heterocycles. The largest absolute Gasteiger partial charge is 0.337 e. The van der Waals surface area contributed by atoms with Crippen LogP contribution in [0.2, 0.25) is 0 Å². The van der Waals surface area contributed by atoms with E-state index in [9.17, 15) is 13.6 Å². The van der Waals surface area contributed by atoms with Gasteiger partial charge in [0.05, 0.1) is 17.3 Å². The molecule has 2 aromatic carbocycles. The minimum Gasteiger partial charge on any atom is -0.337 e. The van der Waals surface area contributed by atoms with Crippen molar-refractivity contribution in [1.29, 1.82) is 0 Å². The quantitative estimate of drug-likeness (QED) is 0.186. The van der Waals surface area contributed by atoms with Gasteiger partial charge in [-0.25, -0.2) is 8.78 Å². The monoisotopic (exact) mass is 628 g/mol. The van der Waals surface area contributed by atoms with Gasteiger partial charge >= 0.3 is 0 Å². The second kappa shape index (κ2) is 11.5. The number of fused-ring (bicyclic) bond motifs is 2. The molecule has 0 N–H and O–H groups in total. The lowest BCUT2D eigenvalue weighted by atomic mass is 9.76. The summed E-state index contributed by atoms with van der Waals surface area (Å²) < 4.78 is 42.1. The second-order valence-electron chi connectivity index (χ2n) is 13.0. The molecule has 2 aliphatic rings. The zero-order valence-electron chi connectivity index (χ0n) is 26.2. The Bertz CT molecular complexity index is 2060. The van der Waals surface area contributed by atoms with Gasteiger partial charge in [0.15, 0.2) is 0 Å². The highest BCUT2D eigenvalue weighted by molar-refractivity contribution is 5.86. The number of para-hydroxylation sites is 2. The van der Waals surface area contributed by atoms with Crippen LogP contribution in [-0.2, 0) is 4.79 Å². The summed E-state index contributed by atoms with van der Waals surface area (Å²) in [6.45, 7) is 10.3. The van der Waals surface area contributed by atoms with Crippen LogP contribution in [0.4, 0.5) is 8.78 Å². The van der Waals surface area contributed by atoms with E-state index < -0.39 is 0 Å². The van der Waals surface area contributed by atoms with Crippen LogP contribution in [0.3, 0.4) is 0 Å². The Labute approximate surface area is 263 Å². The number of carbonyl (C=O) groups is 1. The lowest BCUT2D eigenvalue weighted by Gasteiger charge is -2.29. The summed E-state index contributed by atoms with van der Waals surface area (Å²) in [5.74, 6) is 2.33. The van der Waals surface area contributed by atoms with E-state index in [0.717, 1.165) is 35.0 Å². The van der Waals surface area contributed by atoms with Crippen LogP contribution in [0.25, 0.3) is 33.7 Å². The fourth-order valence-electron chi connectivity index (χ4n) is 6.17. The molecule has 13 heteroatoms. The normalized spacial score (nSPS) is 18.3. The molecule has 0 spiro atoms. The van der Waals surface area contributed by atoms with Gasteiger partial charge in [-0.2, -0.15) is 29.5 Å². The summed E-state index contributed by atoms with van der Waals surface area (Å²) >= 11 is 0. The van der Waals surface area contributed by atoms with Crippen LogP contribution in [0.1, 0.15) is 107 Å². The van der Waals surface area contributed by atoms with E-state index >= 15 is 0 Å². The number of halogens is 2. The number of hydrogen-bond donors (Lipinski definition) is 0. The van der Waals surface area contributed by atoms with E-state index in [1.54, 1.807) is 12.1 Å². The molecule has 0 bridgehead atoms. The van der Waals surface area contributed by atoms with Crippen molar-refractivity contribution in [3.63, 3.8) is 0 Å². The van der Waals surface area contributed by atoms with E-state index in [-0.39, 0.29) is 41.1 Å². The van der Waals surface area contributed by atoms with Crippen molar-refractivity contribution in [2.45, 2.75) is 84.0 Å². The molecular formula is C33H34F2N8O3. The summed E-state index contributed by atoms with van der Waals surface area (Å²) in [5.41, 5.74) is 2.37. The third kappa shape index (κ3) is 5.17. The molecule has 0 amide bonds. The van der Waals surface area contributed by atoms with Crippen molar-refractivity contribution < 1.29 is 22.6 Å². The van der Waals surface area contributed by atoms with Crippen LogP contribution in [0.15, 0.2) is 45.4 Å². The van der Waals surface area contributed by atoms with E-state index in [1.807, 2.05) is 39.8 Å². The standard InChI is InChI=1S/C17H19FN4O.C16H15FN4O2/c1-9(2)14-12-5-4-6-13(18)15(12)22(20-14)17-19-16(23-21-17)11-7-10(3)8-11;1-8(2)13-11-4-3-5-12(17)14(11)21(19-13)16-18-15(23-20-16)9-6-10(22)7-9/h4-6,9-11H,7-8H2,1-3H3;3-5,8-9H,6-7H2,1-2H3. The molecule has 2 aliphatic carbocycles. The maximum Gasteiger partial charge on any atom is 0.291 e. The predicted molar refractivity (Wildman–Crippen MR) is 164 cm³/mol. The van der Waals surface area contributed by atoms with Gasteiger partial charge in [-0.15, -0.1) is 0 Å². The van der Waals surface area contributed by atoms with Crippen molar-refractivity contribution in [3.05, 3.63) is 71.2 Å². The van der Waals surface area contributed by atoms with Gasteiger partial charge < -0.3 is 9.05 Å². The minimum absolute atomic E-state index is 0.0278. The fourth-order valence-corrected chi connectivity index (χ4v) is 6.17. The Morgan fingerprint density at radius 3 is 1.61 bits per heavy atom. The molecular weight excluding hydrogens is 594 g/mol. The van der Waals surface area contributed by atoms with E-state index in [2.05, 4.69) is 37.4 Å². The highest BCUT2D eigenvalue weighted by Gasteiger charge is 2.34. The molecule has 2 fully saturated rings. The highest BCUT2D eigenvalue weighted by atomic mass is 19.1. The van der Waals surface area contributed by atoms with Gasteiger partial charge in [0, 0.05) is 29.5 Å². The fraction of sp³-hybridized carbons (Fsp3) is 0.424. The molecule has 4 heterocycles. The molecule has 2 saturated carbocycles. The zero-order chi connectivity index (χ0) is 32.3. The average molecular weight is 629 g/mol. The van der Waals surface area contributed by atoms with Gasteiger partial charge in [-0.05, 0) is 53.0 Å². The maximum absolute atomic E-state index is 14.4. The van der Waals surface area contributed by atoms with E-state index in [1.165, 1.54) is 21.5 Å². The molecule has 4 aromatic heterocycles. The maximum atomic E-state index is 14.4. The SMILES string of the molecule is CC(C)c1nn(-c2noc(C3CC(=O)C3)n2)c2c(F)cccc12.CC1CC(c2nc(-n3nc(C(C)C)c4cccc(F)c43)no2)C1. The number of carbonyl (C=O) groups excluding carboxylic acids is 1. The van der Waals surface area contributed by atoms with Crippen molar-refractivity contribution in [1.82, 2.24) is 39.8 Å². The molecule has 11 nitrogen and oxygen atoms in total. The summed E-state index contributed by atoms with van der Waals surface area (Å²) in [6.07, 6.45) is 2.97. The smallest absolute Gasteiger partial charge is 0.291 e. The summed E-state index contributed by atoms with van der Waals surface area (Å²) in [7, 11) is 0. The van der Waals surface area contributed by atoms with Gasteiger partial charge in [0.25, 0.3) is 11.9 Å². The first-order chi connectivity index (χ1) is 22.1. The van der Waals surface area contributed by atoms with Gasteiger partial charge in [-0.3, -0.25) is 4.79 Å². The zero-order valence-corrected chi connectivity index (χ0v) is 26.2. The first-order valence-electron chi connectivity index (χ1n) is 15.6. The molecule has 0 radical (unpaired) electrons. The number of rotatable bonds is 6. The molecule has 0 unspecified atom stereocenters. The first-order valence-corrected chi connectivity index (χ1v) is 15.6. The molecule has 0 saturated heterocycles. The van der Waals surface area contributed by atoms with Crippen molar-refractivity contribution in [3.8, 4) is 11.9 Å². The molecule has 0 atom stereocenters. The van der Waals surface area contributed by atoms with Crippen molar-refractivity contribution in [2.24, 2.45) is 5.92 Å². The Morgan fingerprint density at radius 2 is 1.20 bits per heavy atom. The third-order valence-electron chi connectivity index (χ3n) is 8.72. The number of ketones is 1. The summed E-state index contributed by atoms with van der Waals surface area (Å²) in [5, 5.41) is 18.5. The van der Waals surface area contributed by atoms with Gasteiger partial charge in [-0.1, -0.05) is 58.9 Å². The Balaban J connectivity index is 0.000000147. The molecule has 238 valence electrons. The van der Waals surface area contributed by atoms with Gasteiger partial charge in [0.1, 0.15) is 28.5 Å². The van der Waals surface area contributed by atoms with Gasteiger partial charge in [0.2, 0.25) is 11.8 Å². The van der Waals surface area contributed by atoms with E-state index in [0.29, 0.717) is 53.4 Å². The molecule has 8 rings (SSSR count). The number of aromatic nitrogens is 8. The lowest BCUT2D eigenvalue weighted by Crippen LogP contribution is -2.21. The Morgan fingerprint density at radius 1 is 0.739 bits per heavy atom. The Hall–Kier alpha value is -4.81. The number of hydrogen-bond acceptors (Lipinski definition) is 9. The van der Waals surface area contributed by atoms with Crippen LogP contribution < -0.4 is 0 Å². The number of benzene rings is 2.